The van der Waals surface area contributed by atoms with E-state index in [0.717, 1.165) is 6.54 Å². The third kappa shape index (κ3) is 4.00. The van der Waals surface area contributed by atoms with Crippen LogP contribution in [0.2, 0.25) is 0 Å². The minimum atomic E-state index is -0.171. The molecule has 6 nitrogen and oxygen atoms in total. The van der Waals surface area contributed by atoms with Crippen molar-refractivity contribution in [1.29, 1.82) is 0 Å². The number of esters is 1. The predicted molar refractivity (Wildman–Crippen MR) is 78.7 cm³/mol. The summed E-state index contributed by atoms with van der Waals surface area (Å²) in [5, 5.41) is 2.92. The Balaban J connectivity index is 1.75. The van der Waals surface area contributed by atoms with Gasteiger partial charge in [0.05, 0.1) is 13.0 Å². The van der Waals surface area contributed by atoms with Crippen LogP contribution >= 0.6 is 0 Å². The molecule has 1 N–H and O–H groups in total. The van der Waals surface area contributed by atoms with E-state index in [1.807, 2.05) is 36.0 Å². The zero-order valence-electron chi connectivity index (χ0n) is 12.6. The SMILES string of the molecule is COC(=O)[C@@H]1CCN(C(=O)NCCn2cccc2)C[C@@H]1C. The lowest BCUT2D eigenvalue weighted by atomic mass is 9.87. The summed E-state index contributed by atoms with van der Waals surface area (Å²) in [4.78, 5) is 25.5. The molecule has 0 bridgehead atoms. The van der Waals surface area contributed by atoms with Gasteiger partial charge in [0, 0.05) is 38.6 Å². The fraction of sp³-hybridized carbons (Fsp3) is 0.600. The summed E-state index contributed by atoms with van der Waals surface area (Å²) in [5.74, 6) is -0.143. The lowest BCUT2D eigenvalue weighted by Crippen LogP contribution is -2.49. The maximum atomic E-state index is 12.1. The summed E-state index contributed by atoms with van der Waals surface area (Å²) in [7, 11) is 1.41. The molecule has 6 heteroatoms. The molecule has 1 aliphatic heterocycles. The highest BCUT2D eigenvalue weighted by molar-refractivity contribution is 5.76. The third-order valence-corrected chi connectivity index (χ3v) is 4.01. The highest BCUT2D eigenvalue weighted by atomic mass is 16.5. The van der Waals surface area contributed by atoms with E-state index < -0.39 is 0 Å². The van der Waals surface area contributed by atoms with Crippen molar-refractivity contribution in [2.45, 2.75) is 19.9 Å². The van der Waals surface area contributed by atoms with Crippen molar-refractivity contribution in [1.82, 2.24) is 14.8 Å². The van der Waals surface area contributed by atoms with Gasteiger partial charge in [-0.3, -0.25) is 4.79 Å². The summed E-state index contributed by atoms with van der Waals surface area (Å²) < 4.78 is 6.82. The standard InChI is InChI=1S/C15H23N3O3/c1-12-11-18(9-5-13(12)14(19)21-2)15(20)16-6-10-17-7-3-4-8-17/h3-4,7-8,12-13H,5-6,9-11H2,1-2H3,(H,16,20)/t12-,13+/m0/s1. The maximum absolute atomic E-state index is 12.1. The molecule has 0 aromatic carbocycles. The van der Waals surface area contributed by atoms with E-state index in [4.69, 9.17) is 4.74 Å². The largest absolute Gasteiger partial charge is 0.469 e. The van der Waals surface area contributed by atoms with Crippen LogP contribution in [0.5, 0.6) is 0 Å². The van der Waals surface area contributed by atoms with Gasteiger partial charge in [0.15, 0.2) is 0 Å². The first-order chi connectivity index (χ1) is 10.1. The number of ether oxygens (including phenoxy) is 1. The highest BCUT2D eigenvalue weighted by Crippen LogP contribution is 2.24. The molecule has 1 aromatic heterocycles. The second-order valence-electron chi connectivity index (χ2n) is 5.49. The molecule has 116 valence electrons. The van der Waals surface area contributed by atoms with Gasteiger partial charge in [0.1, 0.15) is 0 Å². The fourth-order valence-electron chi connectivity index (χ4n) is 2.75. The molecule has 21 heavy (non-hydrogen) atoms. The van der Waals surface area contributed by atoms with Gasteiger partial charge in [-0.15, -0.1) is 0 Å². The molecule has 2 rings (SSSR count). The summed E-state index contributed by atoms with van der Waals surface area (Å²) in [6.07, 6.45) is 4.60. The summed E-state index contributed by atoms with van der Waals surface area (Å²) in [6.45, 7) is 4.53. The number of carbonyl (C=O) groups is 2. The van der Waals surface area contributed by atoms with E-state index in [1.165, 1.54) is 7.11 Å². The first-order valence-electron chi connectivity index (χ1n) is 7.33. The van der Waals surface area contributed by atoms with E-state index >= 15 is 0 Å². The Morgan fingerprint density at radius 1 is 1.33 bits per heavy atom. The van der Waals surface area contributed by atoms with Crippen LogP contribution in [0, 0.1) is 11.8 Å². The van der Waals surface area contributed by atoms with Crippen molar-refractivity contribution in [3.05, 3.63) is 24.5 Å². The second-order valence-corrected chi connectivity index (χ2v) is 5.49. The van der Waals surface area contributed by atoms with Crippen molar-refractivity contribution in [3.63, 3.8) is 0 Å². The van der Waals surface area contributed by atoms with E-state index in [-0.39, 0.29) is 23.8 Å². The number of rotatable bonds is 4. The molecule has 0 radical (unpaired) electrons. The minimum absolute atomic E-state index is 0.0580. The van der Waals surface area contributed by atoms with Gasteiger partial charge < -0.3 is 19.5 Å². The van der Waals surface area contributed by atoms with E-state index in [2.05, 4.69) is 5.32 Å². The molecule has 1 saturated heterocycles. The molecule has 0 unspecified atom stereocenters. The fourth-order valence-corrected chi connectivity index (χ4v) is 2.75. The number of carbonyl (C=O) groups excluding carboxylic acids is 2. The van der Waals surface area contributed by atoms with E-state index in [9.17, 15) is 9.59 Å². The molecule has 2 atom stereocenters. The first-order valence-corrected chi connectivity index (χ1v) is 7.33. The van der Waals surface area contributed by atoms with Crippen molar-refractivity contribution < 1.29 is 14.3 Å². The van der Waals surface area contributed by atoms with Gasteiger partial charge >= 0.3 is 12.0 Å². The lowest BCUT2D eigenvalue weighted by Gasteiger charge is -2.35. The second kappa shape index (κ2) is 7.15. The molecule has 2 heterocycles. The van der Waals surface area contributed by atoms with Crippen molar-refractivity contribution in [2.75, 3.05) is 26.7 Å². The summed E-state index contributed by atoms with van der Waals surface area (Å²) >= 11 is 0. The number of nitrogens with one attached hydrogen (secondary N) is 1. The quantitative estimate of drug-likeness (QED) is 0.852. The van der Waals surface area contributed by atoms with Gasteiger partial charge in [-0.05, 0) is 24.5 Å². The monoisotopic (exact) mass is 293 g/mol. The van der Waals surface area contributed by atoms with Gasteiger partial charge in [-0.2, -0.15) is 0 Å². The number of hydrogen-bond donors (Lipinski definition) is 1. The van der Waals surface area contributed by atoms with Crippen LogP contribution in [-0.4, -0.2) is 48.2 Å². The van der Waals surface area contributed by atoms with Crippen LogP contribution in [-0.2, 0) is 16.1 Å². The van der Waals surface area contributed by atoms with Crippen molar-refractivity contribution >= 4 is 12.0 Å². The lowest BCUT2D eigenvalue weighted by molar-refractivity contribution is -0.148. The average Bonchev–Trinajstić information content (AvgIpc) is 2.99. The number of amides is 2. The Hall–Kier alpha value is -1.98. The molecular formula is C15H23N3O3. The van der Waals surface area contributed by atoms with Crippen LogP contribution in [0.15, 0.2) is 24.5 Å². The van der Waals surface area contributed by atoms with Gasteiger partial charge in [-0.25, -0.2) is 4.79 Å². The number of methoxy groups -OCH3 is 1. The van der Waals surface area contributed by atoms with E-state index in [0.29, 0.717) is 26.1 Å². The number of hydrogen-bond acceptors (Lipinski definition) is 3. The van der Waals surface area contributed by atoms with Crippen molar-refractivity contribution in [3.8, 4) is 0 Å². The molecule has 1 aliphatic rings. The van der Waals surface area contributed by atoms with Gasteiger partial charge in [-0.1, -0.05) is 6.92 Å². The molecule has 1 aromatic rings. The van der Waals surface area contributed by atoms with Crippen LogP contribution in [0.1, 0.15) is 13.3 Å². The normalized spacial score (nSPS) is 21.9. The highest BCUT2D eigenvalue weighted by Gasteiger charge is 2.33. The Morgan fingerprint density at radius 2 is 2.05 bits per heavy atom. The van der Waals surface area contributed by atoms with E-state index in [1.54, 1.807) is 4.90 Å². The average molecular weight is 293 g/mol. The third-order valence-electron chi connectivity index (χ3n) is 4.01. The van der Waals surface area contributed by atoms with Crippen LogP contribution in [0.4, 0.5) is 4.79 Å². The first kappa shape index (κ1) is 15.4. The molecule has 2 amide bonds. The smallest absolute Gasteiger partial charge is 0.317 e. The molecule has 0 spiro atoms. The van der Waals surface area contributed by atoms with Gasteiger partial charge in [0.2, 0.25) is 0 Å². The Bertz CT molecular complexity index is 473. The van der Waals surface area contributed by atoms with Crippen LogP contribution in [0.3, 0.4) is 0 Å². The predicted octanol–water partition coefficient (Wildman–Crippen LogP) is 1.33. The summed E-state index contributed by atoms with van der Waals surface area (Å²) in [5.41, 5.74) is 0. The Morgan fingerprint density at radius 3 is 2.67 bits per heavy atom. The molecule has 0 saturated carbocycles. The molecule has 0 aliphatic carbocycles. The zero-order chi connectivity index (χ0) is 15.2. The Labute approximate surface area is 125 Å². The molecular weight excluding hydrogens is 270 g/mol. The number of likely N-dealkylation sites (tertiary alicyclic amines) is 1. The number of aromatic nitrogens is 1. The number of nitrogens with zero attached hydrogens (tertiary/aromatic N) is 2. The maximum Gasteiger partial charge on any atom is 0.317 e. The minimum Gasteiger partial charge on any atom is -0.469 e. The molecule has 1 fully saturated rings. The van der Waals surface area contributed by atoms with Crippen LogP contribution in [0.25, 0.3) is 0 Å². The Kier molecular flexibility index (Phi) is 5.25. The van der Waals surface area contributed by atoms with Crippen molar-refractivity contribution in [2.24, 2.45) is 11.8 Å². The summed E-state index contributed by atoms with van der Waals surface area (Å²) in [6, 6.07) is 3.86. The topological polar surface area (TPSA) is 63.6 Å². The van der Waals surface area contributed by atoms with Crippen LogP contribution < -0.4 is 5.32 Å². The van der Waals surface area contributed by atoms with Gasteiger partial charge in [0.25, 0.3) is 0 Å². The zero-order valence-corrected chi connectivity index (χ0v) is 12.6. The number of piperidine rings is 1. The number of urea groups is 1.